The summed E-state index contributed by atoms with van der Waals surface area (Å²) < 4.78 is 0. The summed E-state index contributed by atoms with van der Waals surface area (Å²) in [6.45, 7) is 0. The number of nitrogens with one attached hydrogen (secondary N) is 2. The zero-order chi connectivity index (χ0) is 41.6. The van der Waals surface area contributed by atoms with E-state index < -0.39 is 0 Å². The molecule has 4 heteroatoms. The minimum absolute atomic E-state index is 0.315. The Labute approximate surface area is 374 Å². The molecule has 8 atom stereocenters. The molecular formula is C60H48N4. The Kier molecular flexibility index (Phi) is 7.49. The zero-order valence-corrected chi connectivity index (χ0v) is 35.9. The van der Waals surface area contributed by atoms with Gasteiger partial charge in [0.2, 0.25) is 0 Å². The minimum atomic E-state index is 0.315. The van der Waals surface area contributed by atoms with E-state index in [0.29, 0.717) is 47.3 Å². The monoisotopic (exact) mass is 824 g/mol. The number of H-pyrrole nitrogens is 2. The molecule has 0 radical (unpaired) electrons. The van der Waals surface area contributed by atoms with Crippen molar-refractivity contribution in [3.63, 3.8) is 0 Å². The zero-order valence-electron chi connectivity index (χ0n) is 35.9. The van der Waals surface area contributed by atoms with Crippen LogP contribution in [0.2, 0.25) is 0 Å². The van der Waals surface area contributed by atoms with Crippen molar-refractivity contribution < 1.29 is 0 Å². The van der Waals surface area contributed by atoms with Crippen LogP contribution in [0, 0.1) is 35.5 Å². The lowest BCUT2D eigenvalue weighted by Gasteiger charge is -2.34. The number of aromatic amines is 2. The second-order valence-corrected chi connectivity index (χ2v) is 20.0. The third-order valence-corrected chi connectivity index (χ3v) is 16.7. The Bertz CT molecular complexity index is 3210. The average Bonchev–Trinajstić information content (AvgIpc) is 4.16. The van der Waals surface area contributed by atoms with Crippen LogP contribution in [0.5, 0.6) is 0 Å². The summed E-state index contributed by atoms with van der Waals surface area (Å²) >= 11 is 0. The first-order valence-corrected chi connectivity index (χ1v) is 24.1. The van der Waals surface area contributed by atoms with E-state index in [1.807, 2.05) is 0 Å². The molecule has 2 aromatic carbocycles. The number of nitrogens with zero attached hydrogens (tertiary/aromatic N) is 2. The van der Waals surface area contributed by atoms with Gasteiger partial charge in [0.1, 0.15) is 0 Å². The summed E-state index contributed by atoms with van der Waals surface area (Å²) in [6.07, 6.45) is 34.0. The first-order chi connectivity index (χ1) is 31.7. The Morgan fingerprint density at radius 3 is 1.33 bits per heavy atom. The van der Waals surface area contributed by atoms with Crippen molar-refractivity contribution in [3.8, 4) is 11.8 Å². The van der Waals surface area contributed by atoms with Crippen molar-refractivity contribution in [1.29, 1.82) is 0 Å². The van der Waals surface area contributed by atoms with E-state index in [-0.39, 0.29) is 0 Å². The molecule has 0 saturated heterocycles. The van der Waals surface area contributed by atoms with Crippen LogP contribution in [-0.4, -0.2) is 19.9 Å². The van der Waals surface area contributed by atoms with Gasteiger partial charge in [-0.2, -0.15) is 0 Å². The predicted octanol–water partition coefficient (Wildman–Crippen LogP) is 14.0. The van der Waals surface area contributed by atoms with Crippen molar-refractivity contribution in [1.82, 2.24) is 19.9 Å². The first-order valence-electron chi connectivity index (χ1n) is 24.1. The predicted molar refractivity (Wildman–Crippen MR) is 261 cm³/mol. The van der Waals surface area contributed by atoms with Crippen molar-refractivity contribution in [2.24, 2.45) is 23.7 Å². The Morgan fingerprint density at radius 2 is 0.859 bits per heavy atom. The molecular weight excluding hydrogens is 777 g/mol. The van der Waals surface area contributed by atoms with E-state index in [9.17, 15) is 0 Å². The number of hydrogen-bond donors (Lipinski definition) is 2. The average molecular weight is 825 g/mol. The molecule has 14 aliphatic rings. The van der Waals surface area contributed by atoms with Gasteiger partial charge in [-0.15, -0.1) is 0 Å². The van der Waals surface area contributed by atoms with Crippen LogP contribution < -0.4 is 0 Å². The topological polar surface area (TPSA) is 57.4 Å². The van der Waals surface area contributed by atoms with Crippen LogP contribution in [0.4, 0.5) is 0 Å². The fourth-order valence-corrected chi connectivity index (χ4v) is 13.9. The fourth-order valence-electron chi connectivity index (χ4n) is 13.9. The van der Waals surface area contributed by atoms with Gasteiger partial charge >= 0.3 is 0 Å². The number of aromatic nitrogens is 4. The maximum atomic E-state index is 5.87. The number of allylic oxidation sites excluding steroid dienone is 12. The highest BCUT2D eigenvalue weighted by Crippen LogP contribution is 2.57. The van der Waals surface area contributed by atoms with Gasteiger partial charge < -0.3 is 9.97 Å². The van der Waals surface area contributed by atoms with Gasteiger partial charge in [-0.1, -0.05) is 121 Å². The van der Waals surface area contributed by atoms with Crippen LogP contribution in [0.25, 0.3) is 56.5 Å². The molecule has 5 heterocycles. The van der Waals surface area contributed by atoms with Crippen molar-refractivity contribution in [3.05, 3.63) is 189 Å². The molecule has 8 unspecified atom stereocenters. The van der Waals surface area contributed by atoms with Gasteiger partial charge in [0.25, 0.3) is 0 Å². The Morgan fingerprint density at radius 1 is 0.438 bits per heavy atom. The SMILES string of the molecule is C(#Cc1c2nc(cc3[nH]c(c4c3C3C=CC4CC3)c(C=Cc3ccccc3)c3[nH]c(cc4nc1C1=C4C4C=CC1CC4)c1c3C3C=CC1CC3)C1=C2C2C=CC1CC2)c1ccccc1. The second kappa shape index (κ2) is 13.4. The van der Waals surface area contributed by atoms with Gasteiger partial charge in [0.15, 0.2) is 0 Å². The van der Waals surface area contributed by atoms with Gasteiger partial charge in [-0.05, 0) is 126 Å². The molecule has 0 saturated carbocycles. The molecule has 0 fully saturated rings. The second-order valence-electron chi connectivity index (χ2n) is 20.0. The van der Waals surface area contributed by atoms with E-state index in [1.54, 1.807) is 0 Å². The lowest BCUT2D eigenvalue weighted by atomic mass is 9.69. The van der Waals surface area contributed by atoms with Gasteiger partial charge in [0.05, 0.1) is 39.4 Å². The van der Waals surface area contributed by atoms with Crippen molar-refractivity contribution in [2.45, 2.75) is 75.0 Å². The maximum absolute atomic E-state index is 5.87. The highest BCUT2D eigenvalue weighted by atomic mass is 14.8. The lowest BCUT2D eigenvalue weighted by Crippen LogP contribution is -2.20. The summed E-state index contributed by atoms with van der Waals surface area (Å²) in [4.78, 5) is 20.2. The largest absolute Gasteiger partial charge is 0.354 e. The molecule has 4 nitrogen and oxygen atoms in total. The molecule has 0 spiro atoms. The number of rotatable bonds is 2. The summed E-state index contributed by atoms with van der Waals surface area (Å²) in [6, 6.07) is 26.3. The smallest absolute Gasteiger partial charge is 0.0857 e. The molecule has 2 N–H and O–H groups in total. The van der Waals surface area contributed by atoms with E-state index in [2.05, 4.69) is 155 Å². The number of benzene rings is 2. The molecule has 19 rings (SSSR count). The number of fused-ring (bicyclic) bond motifs is 12. The highest BCUT2D eigenvalue weighted by molar-refractivity contribution is 6.04. The molecule has 64 heavy (non-hydrogen) atoms. The summed E-state index contributed by atoms with van der Waals surface area (Å²) in [5, 5.41) is 0. The number of hydrogen-bond acceptors (Lipinski definition) is 2. The molecule has 12 aliphatic carbocycles. The molecule has 0 amide bonds. The van der Waals surface area contributed by atoms with Crippen LogP contribution in [0.15, 0.2) is 121 Å². The maximum Gasteiger partial charge on any atom is 0.0857 e. The molecule has 2 aliphatic heterocycles. The first kappa shape index (κ1) is 35.7. The van der Waals surface area contributed by atoms with Crippen LogP contribution in [0.1, 0.15) is 142 Å². The minimum Gasteiger partial charge on any atom is -0.354 e. The normalized spacial score (nSPS) is 27.9. The van der Waals surface area contributed by atoms with E-state index in [0.717, 1.165) is 59.6 Å². The highest BCUT2D eigenvalue weighted by Gasteiger charge is 2.43. The quantitative estimate of drug-likeness (QED) is 0.138. The third kappa shape index (κ3) is 5.07. The lowest BCUT2D eigenvalue weighted by molar-refractivity contribution is 0.557. The summed E-state index contributed by atoms with van der Waals surface area (Å²) in [5.74, 6) is 10.3. The molecule has 308 valence electrons. The van der Waals surface area contributed by atoms with Crippen LogP contribution >= 0.6 is 0 Å². The molecule has 16 bridgehead atoms. The van der Waals surface area contributed by atoms with Crippen molar-refractivity contribution in [2.75, 3.05) is 0 Å². The Balaban J connectivity index is 1.14. The fraction of sp³-hybridized carbons (Fsp3) is 0.267. The van der Waals surface area contributed by atoms with Gasteiger partial charge in [-0.3, -0.25) is 0 Å². The van der Waals surface area contributed by atoms with E-state index in [1.165, 1.54) is 103 Å². The standard InChI is InChI=1S/C60H48N4/c1-3-7-33(8-4-1)11-29-43-57-53-39-21-13-35(14-22-39)49(53)45(61-57)31-47-51-37-17-25-41(26-18-37)55(51)59(63-47)44(30-12-34-9-5-2-6-10-34)60-56-42-27-19-38(20-28-42)52(56)48(64-60)32-46-50-36-15-23-40(24-16-36)54(50)58(43)62-46/h1-11,13,15,17,19,21,23,25,27,29,31-32,35-42,61-62H,14,16,18,20,22,24,26,28H2. The van der Waals surface area contributed by atoms with Crippen molar-refractivity contribution >= 4 is 56.5 Å². The summed E-state index contributed by atoms with van der Waals surface area (Å²) in [5.41, 5.74) is 25.2. The summed E-state index contributed by atoms with van der Waals surface area (Å²) in [7, 11) is 0. The van der Waals surface area contributed by atoms with Crippen LogP contribution in [0.3, 0.4) is 0 Å². The van der Waals surface area contributed by atoms with Crippen LogP contribution in [-0.2, 0) is 0 Å². The van der Waals surface area contributed by atoms with Gasteiger partial charge in [-0.25, -0.2) is 9.97 Å². The Hall–Kier alpha value is -6.70. The third-order valence-electron chi connectivity index (χ3n) is 16.7. The van der Waals surface area contributed by atoms with Gasteiger partial charge in [0, 0.05) is 69.5 Å². The van der Waals surface area contributed by atoms with E-state index >= 15 is 0 Å². The van der Waals surface area contributed by atoms with E-state index in [4.69, 9.17) is 9.97 Å². The molecule has 3 aromatic heterocycles. The molecule has 5 aromatic rings.